The van der Waals surface area contributed by atoms with Gasteiger partial charge in [0.1, 0.15) is 11.9 Å². The molecule has 0 radical (unpaired) electrons. The standard InChI is InChI=1S/C28H45NO4/c1-18(30)22-9-10-23-21-8-7-19-15-20(31)11-12-27(19,2)26(21)24(16-28(22,23)3)33-25(32)17-29-13-5-4-6-14-29/h19-24,26,31H,4-17H2,1-3H3/t19?,20?,21-,22+,23-,24?,26+,27-,28+/m0/s1. The summed E-state index contributed by atoms with van der Waals surface area (Å²) in [5, 5.41) is 10.4. The summed E-state index contributed by atoms with van der Waals surface area (Å²) in [6, 6.07) is 0. The van der Waals surface area contributed by atoms with Crippen LogP contribution in [0, 0.1) is 40.4 Å². The number of aliphatic hydroxyl groups excluding tert-OH is 1. The van der Waals surface area contributed by atoms with Gasteiger partial charge in [0.25, 0.3) is 0 Å². The Morgan fingerprint density at radius 2 is 1.76 bits per heavy atom. The van der Waals surface area contributed by atoms with Gasteiger partial charge in [0.15, 0.2) is 0 Å². The molecule has 1 heterocycles. The summed E-state index contributed by atoms with van der Waals surface area (Å²) in [4.78, 5) is 28.1. The maximum absolute atomic E-state index is 13.2. The molecule has 5 nitrogen and oxygen atoms in total. The first-order valence-electron chi connectivity index (χ1n) is 13.8. The van der Waals surface area contributed by atoms with Gasteiger partial charge < -0.3 is 9.84 Å². The van der Waals surface area contributed by atoms with Crippen LogP contribution in [0.2, 0.25) is 0 Å². The molecule has 0 amide bonds. The van der Waals surface area contributed by atoms with Crippen LogP contribution in [0.25, 0.3) is 0 Å². The molecule has 5 aliphatic rings. The van der Waals surface area contributed by atoms with Crippen LogP contribution < -0.4 is 0 Å². The lowest BCUT2D eigenvalue weighted by Crippen LogP contribution is -2.60. The third kappa shape index (κ3) is 4.09. The highest BCUT2D eigenvalue weighted by molar-refractivity contribution is 5.79. The van der Waals surface area contributed by atoms with Crippen LogP contribution in [-0.2, 0) is 14.3 Å². The number of nitrogens with zero attached hydrogens (tertiary/aromatic N) is 1. The summed E-state index contributed by atoms with van der Waals surface area (Å²) >= 11 is 0. The number of piperidine rings is 1. The quantitative estimate of drug-likeness (QED) is 0.622. The number of hydrogen-bond donors (Lipinski definition) is 1. The van der Waals surface area contributed by atoms with Gasteiger partial charge in [-0.25, -0.2) is 0 Å². The van der Waals surface area contributed by atoms with Crippen LogP contribution in [0.3, 0.4) is 0 Å². The Morgan fingerprint density at radius 3 is 2.48 bits per heavy atom. The predicted molar refractivity (Wildman–Crippen MR) is 127 cm³/mol. The molecule has 0 aromatic rings. The summed E-state index contributed by atoms with van der Waals surface area (Å²) in [6.07, 6.45) is 11.4. The summed E-state index contributed by atoms with van der Waals surface area (Å²) in [7, 11) is 0. The van der Waals surface area contributed by atoms with Gasteiger partial charge in [-0.05, 0) is 113 Å². The lowest BCUT2D eigenvalue weighted by molar-refractivity contribution is -0.199. The lowest BCUT2D eigenvalue weighted by atomic mass is 9.43. The van der Waals surface area contributed by atoms with Crippen molar-refractivity contribution in [2.75, 3.05) is 19.6 Å². The maximum Gasteiger partial charge on any atom is 0.320 e. The van der Waals surface area contributed by atoms with Crippen molar-refractivity contribution in [1.82, 2.24) is 4.90 Å². The van der Waals surface area contributed by atoms with Crippen molar-refractivity contribution >= 4 is 11.8 Å². The number of esters is 1. The Balaban J connectivity index is 1.43. The third-order valence-corrected chi connectivity index (χ3v) is 11.1. The number of Topliss-reactive ketones (excluding diaryl/α,β-unsaturated/α-hetero) is 1. The Bertz CT molecular complexity index is 763. The SMILES string of the molecule is CC(=O)[C@H]1CC[C@H]2[C@@H]3CCC4CC(O)CC[C@]4(C)[C@H]3C(OC(=O)CN3CCCCC3)C[C@]12C. The van der Waals surface area contributed by atoms with Gasteiger partial charge >= 0.3 is 5.97 Å². The number of likely N-dealkylation sites (tertiary alicyclic amines) is 1. The third-order valence-electron chi connectivity index (χ3n) is 11.1. The van der Waals surface area contributed by atoms with Gasteiger partial charge in [-0.15, -0.1) is 0 Å². The van der Waals surface area contributed by atoms with Crippen molar-refractivity contribution in [3.63, 3.8) is 0 Å². The first kappa shape index (κ1) is 23.8. The second-order valence-electron chi connectivity index (χ2n) is 12.8. The molecule has 0 aromatic heterocycles. The fourth-order valence-electron chi connectivity index (χ4n) is 9.61. The fraction of sp³-hybridized carbons (Fsp3) is 0.929. The van der Waals surface area contributed by atoms with E-state index in [2.05, 4.69) is 18.7 Å². The number of hydrogen-bond acceptors (Lipinski definition) is 5. The molecule has 3 unspecified atom stereocenters. The van der Waals surface area contributed by atoms with Gasteiger partial charge in [0, 0.05) is 11.8 Å². The largest absolute Gasteiger partial charge is 0.461 e. The number of aliphatic hydroxyl groups is 1. The Kier molecular flexibility index (Phi) is 6.44. The predicted octanol–water partition coefficient (Wildman–Crippen LogP) is 4.60. The highest BCUT2D eigenvalue weighted by Gasteiger charge is 2.64. The van der Waals surface area contributed by atoms with E-state index in [9.17, 15) is 14.7 Å². The number of fused-ring (bicyclic) bond motifs is 5. The van der Waals surface area contributed by atoms with E-state index in [1.54, 1.807) is 6.92 Å². The maximum atomic E-state index is 13.2. The minimum Gasteiger partial charge on any atom is -0.461 e. The molecule has 5 heteroatoms. The molecule has 33 heavy (non-hydrogen) atoms. The van der Waals surface area contributed by atoms with E-state index in [0.717, 1.165) is 58.0 Å². The summed E-state index contributed by atoms with van der Waals surface area (Å²) < 4.78 is 6.45. The molecule has 0 spiro atoms. The molecular weight excluding hydrogens is 414 g/mol. The molecule has 186 valence electrons. The lowest BCUT2D eigenvalue weighted by Gasteiger charge is -2.62. The van der Waals surface area contributed by atoms with Gasteiger partial charge in [0.2, 0.25) is 0 Å². The first-order valence-corrected chi connectivity index (χ1v) is 13.8. The Labute approximate surface area is 200 Å². The van der Waals surface area contributed by atoms with E-state index in [1.165, 1.54) is 25.7 Å². The molecule has 4 saturated carbocycles. The normalized spacial score (nSPS) is 47.8. The van der Waals surface area contributed by atoms with Crippen molar-refractivity contribution in [2.45, 2.75) is 104 Å². The molecule has 0 aromatic carbocycles. The zero-order chi connectivity index (χ0) is 23.4. The van der Waals surface area contributed by atoms with Crippen LogP contribution in [-0.4, -0.2) is 53.6 Å². The number of carbonyl (C=O) groups is 2. The van der Waals surface area contributed by atoms with Crippen LogP contribution in [0.5, 0.6) is 0 Å². The van der Waals surface area contributed by atoms with Gasteiger partial charge in [-0.1, -0.05) is 20.3 Å². The van der Waals surface area contributed by atoms with E-state index in [1.807, 2.05) is 0 Å². The van der Waals surface area contributed by atoms with E-state index < -0.39 is 0 Å². The monoisotopic (exact) mass is 459 g/mol. The fourth-order valence-corrected chi connectivity index (χ4v) is 9.61. The van der Waals surface area contributed by atoms with E-state index >= 15 is 0 Å². The topological polar surface area (TPSA) is 66.8 Å². The molecular formula is C28H45NO4. The van der Waals surface area contributed by atoms with Crippen LogP contribution >= 0.6 is 0 Å². The van der Waals surface area contributed by atoms with Gasteiger partial charge in [-0.2, -0.15) is 0 Å². The first-order chi connectivity index (χ1) is 15.7. The van der Waals surface area contributed by atoms with Crippen molar-refractivity contribution in [3.8, 4) is 0 Å². The van der Waals surface area contributed by atoms with Gasteiger partial charge in [0.05, 0.1) is 12.6 Å². The van der Waals surface area contributed by atoms with Crippen molar-refractivity contribution < 1.29 is 19.4 Å². The van der Waals surface area contributed by atoms with Crippen LogP contribution in [0.4, 0.5) is 0 Å². The molecule has 1 saturated heterocycles. The number of ketones is 1. The summed E-state index contributed by atoms with van der Waals surface area (Å²) in [5.41, 5.74) is 0.0638. The minimum absolute atomic E-state index is 0.0551. The number of ether oxygens (including phenoxy) is 1. The van der Waals surface area contributed by atoms with Crippen LogP contribution in [0.1, 0.15) is 91.4 Å². The second kappa shape index (κ2) is 8.93. The minimum atomic E-state index is -0.179. The highest BCUT2D eigenvalue weighted by Crippen LogP contribution is 2.68. The Morgan fingerprint density at radius 1 is 1.00 bits per heavy atom. The van der Waals surface area contributed by atoms with Crippen LogP contribution in [0.15, 0.2) is 0 Å². The molecule has 5 fully saturated rings. The molecule has 1 aliphatic heterocycles. The van der Waals surface area contributed by atoms with Crippen molar-refractivity contribution in [2.24, 2.45) is 40.4 Å². The summed E-state index contributed by atoms with van der Waals surface area (Å²) in [5.74, 6) is 2.30. The zero-order valence-electron chi connectivity index (χ0n) is 21.1. The molecule has 1 N–H and O–H groups in total. The molecule has 4 aliphatic carbocycles. The van der Waals surface area contributed by atoms with E-state index in [-0.39, 0.29) is 34.9 Å². The summed E-state index contributed by atoms with van der Waals surface area (Å²) in [6.45, 7) is 8.93. The van der Waals surface area contributed by atoms with Crippen molar-refractivity contribution in [3.05, 3.63) is 0 Å². The molecule has 5 rings (SSSR count). The Hall–Kier alpha value is -0.940. The molecule has 0 bridgehead atoms. The van der Waals surface area contributed by atoms with E-state index in [0.29, 0.717) is 36.0 Å². The smallest absolute Gasteiger partial charge is 0.320 e. The average molecular weight is 460 g/mol. The number of carbonyl (C=O) groups excluding carboxylic acids is 2. The zero-order valence-corrected chi connectivity index (χ0v) is 21.1. The van der Waals surface area contributed by atoms with Crippen molar-refractivity contribution in [1.29, 1.82) is 0 Å². The molecule has 9 atom stereocenters. The highest BCUT2D eigenvalue weighted by atomic mass is 16.5. The van der Waals surface area contributed by atoms with Gasteiger partial charge in [-0.3, -0.25) is 14.5 Å². The second-order valence-corrected chi connectivity index (χ2v) is 12.8. The average Bonchev–Trinajstić information content (AvgIpc) is 3.11. The van der Waals surface area contributed by atoms with E-state index in [4.69, 9.17) is 4.74 Å². The number of rotatable bonds is 4.